The highest BCUT2D eigenvalue weighted by molar-refractivity contribution is 7.15. The van der Waals surface area contributed by atoms with Gasteiger partial charge in [0.1, 0.15) is 0 Å². The topological polar surface area (TPSA) is 45.8 Å². The van der Waals surface area contributed by atoms with Crippen LogP contribution in [-0.2, 0) is 0 Å². The average molecular weight is 227 g/mol. The van der Waals surface area contributed by atoms with Gasteiger partial charge in [0.25, 0.3) is 5.56 Å². The van der Waals surface area contributed by atoms with Gasteiger partial charge in [0.2, 0.25) is 5.28 Å². The molecular weight excluding hydrogens is 220 g/mol. The third kappa shape index (κ3) is 1.71. The number of halogens is 1. The second-order valence-electron chi connectivity index (χ2n) is 2.83. The maximum atomic E-state index is 11.5. The molecule has 0 spiro atoms. The van der Waals surface area contributed by atoms with E-state index in [1.165, 1.54) is 6.20 Å². The number of rotatable bonds is 1. The Balaban J connectivity index is 2.57. The third-order valence-electron chi connectivity index (χ3n) is 1.77. The summed E-state index contributed by atoms with van der Waals surface area (Å²) in [5, 5.41) is 0.118. The van der Waals surface area contributed by atoms with Gasteiger partial charge in [0.05, 0.1) is 5.56 Å². The number of nitrogens with one attached hydrogen (secondary N) is 1. The predicted molar refractivity (Wildman–Crippen MR) is 57.9 cm³/mol. The van der Waals surface area contributed by atoms with Crippen LogP contribution in [0.15, 0.2) is 23.1 Å². The van der Waals surface area contributed by atoms with Crippen LogP contribution in [-0.4, -0.2) is 9.97 Å². The van der Waals surface area contributed by atoms with Crippen molar-refractivity contribution in [2.75, 3.05) is 0 Å². The highest BCUT2D eigenvalue weighted by Crippen LogP contribution is 2.24. The van der Waals surface area contributed by atoms with Crippen LogP contribution >= 0.6 is 22.9 Å². The molecular formula is C9H7ClN2OS. The fourth-order valence-corrected chi connectivity index (χ4v) is 2.14. The third-order valence-corrected chi connectivity index (χ3v) is 3.00. The van der Waals surface area contributed by atoms with Gasteiger partial charge in [-0.1, -0.05) is 0 Å². The molecule has 2 aromatic rings. The molecule has 0 bridgehead atoms. The van der Waals surface area contributed by atoms with E-state index in [0.717, 1.165) is 9.75 Å². The van der Waals surface area contributed by atoms with Gasteiger partial charge in [-0.25, -0.2) is 4.98 Å². The van der Waals surface area contributed by atoms with Crippen molar-refractivity contribution >= 4 is 22.9 Å². The summed E-state index contributed by atoms with van der Waals surface area (Å²) < 4.78 is 0. The van der Waals surface area contributed by atoms with Crippen LogP contribution in [0, 0.1) is 6.92 Å². The zero-order valence-corrected chi connectivity index (χ0v) is 8.95. The van der Waals surface area contributed by atoms with Crippen LogP contribution < -0.4 is 5.56 Å². The van der Waals surface area contributed by atoms with Crippen molar-refractivity contribution < 1.29 is 0 Å². The zero-order chi connectivity index (χ0) is 10.1. The summed E-state index contributed by atoms with van der Waals surface area (Å²) in [5.74, 6) is 0. The van der Waals surface area contributed by atoms with E-state index < -0.39 is 0 Å². The van der Waals surface area contributed by atoms with Crippen molar-refractivity contribution in [3.63, 3.8) is 0 Å². The zero-order valence-electron chi connectivity index (χ0n) is 7.37. The van der Waals surface area contributed by atoms with Gasteiger partial charge >= 0.3 is 0 Å². The summed E-state index contributed by atoms with van der Waals surface area (Å²) >= 11 is 7.10. The second-order valence-corrected chi connectivity index (χ2v) is 4.47. The van der Waals surface area contributed by atoms with Gasteiger partial charge < -0.3 is 0 Å². The van der Waals surface area contributed by atoms with Crippen molar-refractivity contribution in [2.24, 2.45) is 0 Å². The molecule has 0 aliphatic carbocycles. The molecule has 72 valence electrons. The van der Waals surface area contributed by atoms with E-state index in [9.17, 15) is 4.79 Å². The molecule has 14 heavy (non-hydrogen) atoms. The first-order chi connectivity index (χ1) is 6.66. The molecule has 0 aromatic carbocycles. The minimum atomic E-state index is -0.202. The number of aromatic nitrogens is 2. The van der Waals surface area contributed by atoms with E-state index in [-0.39, 0.29) is 10.8 Å². The highest BCUT2D eigenvalue weighted by atomic mass is 35.5. The normalized spacial score (nSPS) is 10.4. The molecule has 0 radical (unpaired) electrons. The number of aromatic amines is 1. The number of H-pyrrole nitrogens is 1. The Labute approximate surface area is 89.4 Å². The van der Waals surface area contributed by atoms with Crippen LogP contribution in [0.1, 0.15) is 4.88 Å². The molecule has 5 heteroatoms. The van der Waals surface area contributed by atoms with Crippen molar-refractivity contribution in [1.82, 2.24) is 9.97 Å². The van der Waals surface area contributed by atoms with Crippen molar-refractivity contribution in [2.45, 2.75) is 6.92 Å². The molecule has 0 saturated heterocycles. The fraction of sp³-hybridized carbons (Fsp3) is 0.111. The molecule has 0 aliphatic heterocycles. The van der Waals surface area contributed by atoms with Gasteiger partial charge in [0.15, 0.2) is 0 Å². The van der Waals surface area contributed by atoms with Crippen LogP contribution in [0.3, 0.4) is 0 Å². The molecule has 0 aliphatic rings. The lowest BCUT2D eigenvalue weighted by atomic mass is 10.3. The second kappa shape index (κ2) is 3.55. The Hall–Kier alpha value is -1.13. The first-order valence-electron chi connectivity index (χ1n) is 3.98. The van der Waals surface area contributed by atoms with Crippen LogP contribution in [0.5, 0.6) is 0 Å². The van der Waals surface area contributed by atoms with E-state index in [2.05, 4.69) is 9.97 Å². The molecule has 3 nitrogen and oxygen atoms in total. The van der Waals surface area contributed by atoms with Crippen LogP contribution in [0.4, 0.5) is 0 Å². The minimum absolute atomic E-state index is 0.118. The number of hydrogen-bond acceptors (Lipinski definition) is 3. The number of hydrogen-bond donors (Lipinski definition) is 1. The molecule has 0 saturated carbocycles. The van der Waals surface area contributed by atoms with Crippen LogP contribution in [0.2, 0.25) is 5.28 Å². The summed E-state index contributed by atoms with van der Waals surface area (Å²) in [4.78, 5) is 19.8. The van der Waals surface area contributed by atoms with Gasteiger partial charge in [0, 0.05) is 16.0 Å². The van der Waals surface area contributed by atoms with E-state index in [4.69, 9.17) is 11.6 Å². The molecule has 2 rings (SSSR count). The smallest absolute Gasteiger partial charge is 0.260 e. The van der Waals surface area contributed by atoms with Crippen molar-refractivity contribution in [1.29, 1.82) is 0 Å². The molecule has 0 unspecified atom stereocenters. The Morgan fingerprint density at radius 2 is 2.29 bits per heavy atom. The number of thiophene rings is 1. The summed E-state index contributed by atoms with van der Waals surface area (Å²) in [6.45, 7) is 1.99. The van der Waals surface area contributed by atoms with E-state index in [1.54, 1.807) is 11.3 Å². The Bertz CT molecular complexity index is 518. The van der Waals surface area contributed by atoms with E-state index in [0.29, 0.717) is 5.56 Å². The van der Waals surface area contributed by atoms with Crippen molar-refractivity contribution in [3.05, 3.63) is 38.8 Å². The lowest BCUT2D eigenvalue weighted by Gasteiger charge is -1.94. The van der Waals surface area contributed by atoms with E-state index >= 15 is 0 Å². The minimum Gasteiger partial charge on any atom is -0.297 e. The SMILES string of the molecule is Cc1ccc(-c2cnc(Cl)[nH]c2=O)s1. The Morgan fingerprint density at radius 1 is 1.50 bits per heavy atom. The fourth-order valence-electron chi connectivity index (χ4n) is 1.13. The standard InChI is InChI=1S/C9H7ClN2OS/c1-5-2-3-7(14-5)6-4-11-9(10)12-8(6)13/h2-4H,1H3,(H,11,12,13). The first kappa shape index (κ1) is 9.43. The monoisotopic (exact) mass is 226 g/mol. The van der Waals surface area contributed by atoms with Crippen molar-refractivity contribution in [3.8, 4) is 10.4 Å². The quantitative estimate of drug-likeness (QED) is 0.760. The first-order valence-corrected chi connectivity index (χ1v) is 5.18. The maximum Gasteiger partial charge on any atom is 0.260 e. The van der Waals surface area contributed by atoms with Crippen LogP contribution in [0.25, 0.3) is 10.4 Å². The summed E-state index contributed by atoms with van der Waals surface area (Å²) in [6.07, 6.45) is 1.49. The largest absolute Gasteiger partial charge is 0.297 e. The Morgan fingerprint density at radius 3 is 2.86 bits per heavy atom. The summed E-state index contributed by atoms with van der Waals surface area (Å²) in [6, 6.07) is 3.87. The molecule has 0 atom stereocenters. The molecule has 1 N–H and O–H groups in total. The predicted octanol–water partition coefficient (Wildman–Crippen LogP) is 2.46. The average Bonchev–Trinajstić information content (AvgIpc) is 2.51. The number of nitrogens with zero attached hydrogens (tertiary/aromatic N) is 1. The molecule has 2 heterocycles. The van der Waals surface area contributed by atoms with E-state index in [1.807, 2.05) is 19.1 Å². The summed E-state index contributed by atoms with van der Waals surface area (Å²) in [5.41, 5.74) is 0.361. The maximum absolute atomic E-state index is 11.5. The van der Waals surface area contributed by atoms with Gasteiger partial charge in [-0.15, -0.1) is 11.3 Å². The highest BCUT2D eigenvalue weighted by Gasteiger charge is 2.06. The van der Waals surface area contributed by atoms with Gasteiger partial charge in [-0.2, -0.15) is 0 Å². The van der Waals surface area contributed by atoms with Gasteiger partial charge in [-0.05, 0) is 30.7 Å². The molecule has 0 fully saturated rings. The Kier molecular flexibility index (Phi) is 2.39. The summed E-state index contributed by atoms with van der Waals surface area (Å²) in [7, 11) is 0. The van der Waals surface area contributed by atoms with Gasteiger partial charge in [-0.3, -0.25) is 9.78 Å². The number of aryl methyl sites for hydroxylation is 1. The molecule has 0 amide bonds. The lowest BCUT2D eigenvalue weighted by Crippen LogP contribution is -2.08. The molecule has 2 aromatic heterocycles. The lowest BCUT2D eigenvalue weighted by molar-refractivity contribution is 1.12.